The van der Waals surface area contributed by atoms with Gasteiger partial charge in [0.25, 0.3) is 0 Å². The Kier molecular flexibility index (Phi) is 13.7. The van der Waals surface area contributed by atoms with Gasteiger partial charge in [-0.05, 0) is 135 Å². The van der Waals surface area contributed by atoms with Crippen molar-refractivity contribution in [1.82, 2.24) is 0 Å². The van der Waals surface area contributed by atoms with Gasteiger partial charge in [0.05, 0.1) is 16.1 Å². The van der Waals surface area contributed by atoms with Crippen molar-refractivity contribution >= 4 is 47.1 Å². The van der Waals surface area contributed by atoms with Gasteiger partial charge < -0.3 is 22.4 Å². The average molecular weight is 732 g/mol. The molecular formula is C35H51BrO6Si3. The molecule has 3 rings (SSSR count). The van der Waals surface area contributed by atoms with E-state index in [1.54, 1.807) is 12.1 Å². The van der Waals surface area contributed by atoms with E-state index < -0.39 is 31.2 Å². The van der Waals surface area contributed by atoms with Crippen molar-refractivity contribution in [1.29, 1.82) is 0 Å². The van der Waals surface area contributed by atoms with Crippen LogP contribution in [0.15, 0.2) is 71.2 Å². The summed E-state index contributed by atoms with van der Waals surface area (Å²) in [5.74, 6) is 1.60. The molecule has 1 unspecified atom stereocenters. The van der Waals surface area contributed by atoms with E-state index in [4.69, 9.17) is 22.4 Å². The molecule has 0 heterocycles. The van der Waals surface area contributed by atoms with Crippen molar-refractivity contribution in [3.63, 3.8) is 0 Å². The lowest BCUT2D eigenvalue weighted by atomic mass is 10.1. The summed E-state index contributed by atoms with van der Waals surface area (Å²) in [5.41, 5.74) is 2.52. The number of rotatable bonds is 17. The van der Waals surface area contributed by atoms with Gasteiger partial charge in [-0.25, -0.2) is 4.79 Å². The number of carbonyl (C=O) groups is 1. The van der Waals surface area contributed by atoms with Gasteiger partial charge >= 0.3 is 14.5 Å². The second-order valence-electron chi connectivity index (χ2n) is 13.6. The molecule has 0 spiro atoms. The summed E-state index contributed by atoms with van der Waals surface area (Å²) in [6, 6.07) is 20.8. The Labute approximate surface area is 282 Å². The van der Waals surface area contributed by atoms with E-state index in [0.29, 0.717) is 17.5 Å². The first-order chi connectivity index (χ1) is 21.1. The van der Waals surface area contributed by atoms with Gasteiger partial charge in [-0.15, -0.1) is 0 Å². The molecule has 0 radical (unpaired) electrons. The van der Waals surface area contributed by atoms with Gasteiger partial charge in [-0.3, -0.25) is 0 Å². The molecule has 10 heteroatoms. The van der Waals surface area contributed by atoms with Crippen molar-refractivity contribution in [3.05, 3.63) is 76.8 Å². The normalized spacial score (nSPS) is 12.9. The van der Waals surface area contributed by atoms with Crippen molar-refractivity contribution in [3.8, 4) is 28.4 Å². The molecule has 45 heavy (non-hydrogen) atoms. The van der Waals surface area contributed by atoms with Gasteiger partial charge in [0.1, 0.15) is 23.5 Å². The molecular weight excluding hydrogens is 681 g/mol. The Balaban J connectivity index is 1.53. The van der Waals surface area contributed by atoms with E-state index in [1.807, 2.05) is 54.6 Å². The summed E-state index contributed by atoms with van der Waals surface area (Å²) < 4.78 is 31.5. The van der Waals surface area contributed by atoms with Crippen molar-refractivity contribution in [2.24, 2.45) is 0 Å². The molecule has 1 atom stereocenters. The fourth-order valence-electron chi connectivity index (χ4n) is 5.19. The third-order valence-electron chi connectivity index (χ3n) is 6.87. The monoisotopic (exact) mass is 730 g/mol. The minimum atomic E-state index is -2.21. The standard InChI is InChI=1S/C35H51BrO6Si3/c1-10-11-12-13-14-27(2)39-34-24-19-30(25-33(34)36)35(37)40-32-22-17-29(18-23-32)28-15-20-31(21-16-28)38-26-44(6,7)42-45(8,9)41-43(3,4)5/h15-25,27H,10-14,26H2,1-9H3. The Hall–Kier alpha value is -2.22. The van der Waals surface area contributed by atoms with Crippen molar-refractivity contribution < 1.29 is 27.2 Å². The third kappa shape index (κ3) is 13.2. The minimum Gasteiger partial charge on any atom is -0.494 e. The Bertz CT molecular complexity index is 1370. The van der Waals surface area contributed by atoms with E-state index in [0.717, 1.165) is 39.9 Å². The van der Waals surface area contributed by atoms with E-state index in [1.165, 1.54) is 19.3 Å². The predicted molar refractivity (Wildman–Crippen MR) is 196 cm³/mol. The van der Waals surface area contributed by atoms with E-state index in [2.05, 4.69) is 75.6 Å². The number of ether oxygens (including phenoxy) is 3. The van der Waals surface area contributed by atoms with Crippen LogP contribution in [-0.2, 0) is 8.23 Å². The highest BCUT2D eigenvalue weighted by Gasteiger charge is 2.38. The minimum absolute atomic E-state index is 0.112. The van der Waals surface area contributed by atoms with Gasteiger partial charge in [0.15, 0.2) is 8.32 Å². The summed E-state index contributed by atoms with van der Waals surface area (Å²) in [6.45, 7) is 19.5. The van der Waals surface area contributed by atoms with Gasteiger partial charge in [-0.2, -0.15) is 0 Å². The second-order valence-corrected chi connectivity index (χ2v) is 26.9. The average Bonchev–Trinajstić information content (AvgIpc) is 2.94. The molecule has 0 aromatic heterocycles. The van der Waals surface area contributed by atoms with Gasteiger partial charge in [0.2, 0.25) is 8.32 Å². The quantitative estimate of drug-likeness (QED) is 0.0596. The lowest BCUT2D eigenvalue weighted by Crippen LogP contribution is -2.53. The van der Waals surface area contributed by atoms with Gasteiger partial charge in [0, 0.05) is 0 Å². The first-order valence-corrected chi connectivity index (χ1v) is 26.1. The fraction of sp³-hybridized carbons (Fsp3) is 0.457. The smallest absolute Gasteiger partial charge is 0.343 e. The van der Waals surface area contributed by atoms with Crippen LogP contribution in [0.2, 0.25) is 45.8 Å². The molecule has 246 valence electrons. The Morgan fingerprint density at radius 1 is 0.778 bits per heavy atom. The molecule has 0 saturated heterocycles. The number of hydrogen-bond donors (Lipinski definition) is 0. The van der Waals surface area contributed by atoms with Crippen LogP contribution in [0.4, 0.5) is 0 Å². The number of carbonyl (C=O) groups excluding carboxylic acids is 1. The molecule has 0 fully saturated rings. The molecule has 0 saturated carbocycles. The summed E-state index contributed by atoms with van der Waals surface area (Å²) in [4.78, 5) is 12.9. The fourth-order valence-corrected chi connectivity index (χ4v) is 18.2. The van der Waals surface area contributed by atoms with Crippen molar-refractivity contribution in [2.45, 2.75) is 97.9 Å². The molecule has 6 nitrogen and oxygen atoms in total. The van der Waals surface area contributed by atoms with E-state index >= 15 is 0 Å². The highest BCUT2D eigenvalue weighted by molar-refractivity contribution is 9.10. The molecule has 0 aliphatic rings. The molecule has 0 N–H and O–H groups in total. The van der Waals surface area contributed by atoms with Crippen LogP contribution in [0.1, 0.15) is 56.3 Å². The third-order valence-corrected chi connectivity index (χ3v) is 16.9. The van der Waals surface area contributed by atoms with E-state index in [9.17, 15) is 4.79 Å². The summed E-state index contributed by atoms with van der Waals surface area (Å²) in [6.07, 6.45) is 6.53. The highest BCUT2D eigenvalue weighted by atomic mass is 79.9. The highest BCUT2D eigenvalue weighted by Crippen LogP contribution is 2.30. The number of benzene rings is 3. The number of esters is 1. The molecule has 0 bridgehead atoms. The maximum atomic E-state index is 12.9. The zero-order valence-electron chi connectivity index (χ0n) is 28.5. The molecule has 0 amide bonds. The zero-order chi connectivity index (χ0) is 33.3. The topological polar surface area (TPSA) is 63.2 Å². The van der Waals surface area contributed by atoms with Crippen LogP contribution < -0.4 is 14.2 Å². The van der Waals surface area contributed by atoms with E-state index in [-0.39, 0.29) is 6.10 Å². The number of halogens is 1. The van der Waals surface area contributed by atoms with Crippen molar-refractivity contribution in [2.75, 3.05) is 6.23 Å². The summed E-state index contributed by atoms with van der Waals surface area (Å²) in [5, 5.41) is 0. The SMILES string of the molecule is CCCCCCC(C)Oc1ccc(C(=O)Oc2ccc(-c3ccc(OC[Si](C)(C)O[Si](C)(C)O[Si](C)(C)C)cc3)cc2)cc1Br. The largest absolute Gasteiger partial charge is 0.494 e. The van der Waals surface area contributed by atoms with Crippen LogP contribution in [0.25, 0.3) is 11.1 Å². The number of hydrogen-bond acceptors (Lipinski definition) is 6. The van der Waals surface area contributed by atoms with Crippen LogP contribution in [0.5, 0.6) is 17.2 Å². The zero-order valence-corrected chi connectivity index (χ0v) is 33.1. The molecule has 0 aliphatic heterocycles. The second kappa shape index (κ2) is 16.6. The van der Waals surface area contributed by atoms with Crippen LogP contribution in [0, 0.1) is 0 Å². The first kappa shape index (κ1) is 37.2. The molecule has 0 aliphatic carbocycles. The lowest BCUT2D eigenvalue weighted by Gasteiger charge is -2.37. The predicted octanol–water partition coefficient (Wildman–Crippen LogP) is 10.8. The maximum Gasteiger partial charge on any atom is 0.343 e. The van der Waals surface area contributed by atoms with Gasteiger partial charge in [-0.1, -0.05) is 50.5 Å². The van der Waals surface area contributed by atoms with Crippen LogP contribution in [0.3, 0.4) is 0 Å². The Morgan fingerprint density at radius 2 is 1.38 bits per heavy atom. The summed E-state index contributed by atoms with van der Waals surface area (Å²) in [7, 11) is -5.96. The summed E-state index contributed by atoms with van der Waals surface area (Å²) >= 11 is 3.55. The number of unbranched alkanes of at least 4 members (excludes halogenated alkanes) is 3. The molecule has 3 aromatic carbocycles. The molecule has 3 aromatic rings. The van der Waals surface area contributed by atoms with Crippen LogP contribution >= 0.6 is 15.9 Å². The lowest BCUT2D eigenvalue weighted by molar-refractivity contribution is 0.0734. The Morgan fingerprint density at radius 3 is 1.93 bits per heavy atom. The maximum absolute atomic E-state index is 12.9. The first-order valence-electron chi connectivity index (χ1n) is 16.0. The van der Waals surface area contributed by atoms with Crippen LogP contribution in [-0.4, -0.2) is 43.5 Å².